The maximum Gasteiger partial charge on any atom is 0.234 e. The van der Waals surface area contributed by atoms with Crippen LogP contribution in [0.15, 0.2) is 48.5 Å². The molecule has 0 aliphatic carbocycles. The van der Waals surface area contributed by atoms with E-state index in [1.165, 1.54) is 11.6 Å². The molecule has 2 aromatic rings. The number of benzene rings is 2. The summed E-state index contributed by atoms with van der Waals surface area (Å²) < 4.78 is 13.6. The van der Waals surface area contributed by atoms with Gasteiger partial charge in [0.15, 0.2) is 0 Å². The Hall–Kier alpha value is -2.24. The van der Waals surface area contributed by atoms with E-state index < -0.39 is 0 Å². The predicted octanol–water partition coefficient (Wildman–Crippen LogP) is 2.42. The molecule has 1 amide bonds. The van der Waals surface area contributed by atoms with Gasteiger partial charge in [0.05, 0.1) is 6.54 Å². The second kappa shape index (κ2) is 8.43. The van der Waals surface area contributed by atoms with E-state index in [1.54, 1.807) is 13.0 Å². The number of carbonyl (C=O) groups is 1. The molecule has 4 nitrogen and oxygen atoms in total. The molecule has 0 saturated carbocycles. The van der Waals surface area contributed by atoms with Crippen molar-refractivity contribution in [2.75, 3.05) is 26.2 Å². The Labute approximate surface area is 154 Å². The number of hydrogen-bond donors (Lipinski definition) is 2. The summed E-state index contributed by atoms with van der Waals surface area (Å²) in [6.45, 7) is 4.67. The summed E-state index contributed by atoms with van der Waals surface area (Å²) in [4.78, 5) is 14.4. The highest BCUT2D eigenvalue weighted by Crippen LogP contribution is 2.31. The highest BCUT2D eigenvalue weighted by molar-refractivity contribution is 5.78. The Bertz CT molecular complexity index is 750. The van der Waals surface area contributed by atoms with Crippen LogP contribution < -0.4 is 11.1 Å². The number of aryl methyl sites for hydroxylation is 1. The van der Waals surface area contributed by atoms with Crippen LogP contribution in [0.5, 0.6) is 0 Å². The fraction of sp³-hybridized carbons (Fsp3) is 0.381. The summed E-state index contributed by atoms with van der Waals surface area (Å²) in [5, 5.41) is 2.88. The Morgan fingerprint density at radius 3 is 2.69 bits per heavy atom. The third-order valence-corrected chi connectivity index (χ3v) is 5.14. The van der Waals surface area contributed by atoms with Gasteiger partial charge in [-0.3, -0.25) is 9.69 Å². The number of halogens is 1. The minimum atomic E-state index is -0.243. The minimum absolute atomic E-state index is 0.0459. The van der Waals surface area contributed by atoms with Gasteiger partial charge in [-0.25, -0.2) is 4.39 Å². The normalized spacial score (nSPS) is 20.3. The molecular formula is C21H26FN3O. The van der Waals surface area contributed by atoms with Gasteiger partial charge in [0, 0.05) is 25.6 Å². The smallest absolute Gasteiger partial charge is 0.234 e. The van der Waals surface area contributed by atoms with Crippen LogP contribution in [0.25, 0.3) is 0 Å². The van der Waals surface area contributed by atoms with Crippen LogP contribution in [-0.2, 0) is 11.3 Å². The van der Waals surface area contributed by atoms with Crippen LogP contribution >= 0.6 is 0 Å². The van der Waals surface area contributed by atoms with Crippen LogP contribution in [0.4, 0.5) is 4.39 Å². The number of rotatable bonds is 6. The molecule has 2 aromatic carbocycles. The van der Waals surface area contributed by atoms with E-state index in [2.05, 4.69) is 22.3 Å². The van der Waals surface area contributed by atoms with Gasteiger partial charge >= 0.3 is 0 Å². The van der Waals surface area contributed by atoms with Crippen molar-refractivity contribution in [3.05, 3.63) is 71.0 Å². The van der Waals surface area contributed by atoms with Gasteiger partial charge in [-0.05, 0) is 42.1 Å². The second-order valence-corrected chi connectivity index (χ2v) is 7.07. The summed E-state index contributed by atoms with van der Waals surface area (Å²) in [5.74, 6) is 0.430. The molecular weight excluding hydrogens is 329 g/mol. The Morgan fingerprint density at radius 2 is 2.00 bits per heavy atom. The van der Waals surface area contributed by atoms with Crippen molar-refractivity contribution in [3.8, 4) is 0 Å². The van der Waals surface area contributed by atoms with Crippen molar-refractivity contribution in [2.45, 2.75) is 19.4 Å². The number of amides is 1. The molecule has 0 bridgehead atoms. The lowest BCUT2D eigenvalue weighted by atomic mass is 9.89. The molecule has 138 valence electrons. The molecule has 1 aliphatic heterocycles. The first-order valence-corrected chi connectivity index (χ1v) is 9.06. The minimum Gasteiger partial charge on any atom is -0.351 e. The number of nitrogens with two attached hydrogens (primary N) is 1. The maximum atomic E-state index is 13.6. The van der Waals surface area contributed by atoms with Crippen molar-refractivity contribution in [2.24, 2.45) is 11.7 Å². The first-order chi connectivity index (χ1) is 12.6. The van der Waals surface area contributed by atoms with Crippen molar-refractivity contribution in [3.63, 3.8) is 0 Å². The number of carbonyl (C=O) groups excluding carboxylic acids is 1. The van der Waals surface area contributed by atoms with E-state index in [9.17, 15) is 9.18 Å². The summed E-state index contributed by atoms with van der Waals surface area (Å²) in [5.41, 5.74) is 8.61. The number of nitrogens with zero attached hydrogens (tertiary/aromatic N) is 1. The van der Waals surface area contributed by atoms with Crippen LogP contribution in [-0.4, -0.2) is 37.0 Å². The molecule has 3 rings (SSSR count). The topological polar surface area (TPSA) is 58.4 Å². The van der Waals surface area contributed by atoms with Gasteiger partial charge in [-0.15, -0.1) is 0 Å². The molecule has 0 radical (unpaired) electrons. The first kappa shape index (κ1) is 18.5. The Morgan fingerprint density at radius 1 is 1.23 bits per heavy atom. The van der Waals surface area contributed by atoms with E-state index in [4.69, 9.17) is 5.73 Å². The largest absolute Gasteiger partial charge is 0.351 e. The highest BCUT2D eigenvalue weighted by Gasteiger charge is 2.33. The quantitative estimate of drug-likeness (QED) is 0.837. The van der Waals surface area contributed by atoms with Crippen molar-refractivity contribution < 1.29 is 9.18 Å². The molecule has 1 fully saturated rings. The Balaban J connectivity index is 1.53. The first-order valence-electron chi connectivity index (χ1n) is 9.06. The van der Waals surface area contributed by atoms with Crippen LogP contribution in [0.3, 0.4) is 0 Å². The fourth-order valence-electron chi connectivity index (χ4n) is 3.61. The summed E-state index contributed by atoms with van der Waals surface area (Å²) in [6.07, 6.45) is 0. The lowest BCUT2D eigenvalue weighted by molar-refractivity contribution is -0.122. The zero-order valence-corrected chi connectivity index (χ0v) is 15.1. The molecule has 1 aliphatic rings. The molecule has 1 saturated heterocycles. The summed E-state index contributed by atoms with van der Waals surface area (Å²) in [7, 11) is 0. The van der Waals surface area contributed by atoms with Crippen molar-refractivity contribution >= 4 is 5.91 Å². The van der Waals surface area contributed by atoms with E-state index in [0.717, 1.165) is 18.7 Å². The van der Waals surface area contributed by atoms with E-state index in [0.29, 0.717) is 37.0 Å². The summed E-state index contributed by atoms with van der Waals surface area (Å²) in [6, 6.07) is 15.4. The number of hydrogen-bond acceptors (Lipinski definition) is 3. The molecule has 0 unspecified atom stereocenters. The summed E-state index contributed by atoms with van der Waals surface area (Å²) >= 11 is 0. The highest BCUT2D eigenvalue weighted by atomic mass is 19.1. The second-order valence-electron chi connectivity index (χ2n) is 7.07. The molecule has 0 aromatic heterocycles. The molecule has 2 atom stereocenters. The standard InChI is InChI=1S/C21H26FN3O/c1-15-7-8-16(9-20(15)22)11-24-21(26)14-25-12-18(10-23)19(13-25)17-5-3-2-4-6-17/h2-9,18-19H,10-14,23H2,1H3,(H,24,26)/t18-,19+/m1/s1. The van der Waals surface area contributed by atoms with Crippen molar-refractivity contribution in [1.29, 1.82) is 0 Å². The van der Waals surface area contributed by atoms with E-state index in [1.807, 2.05) is 24.3 Å². The molecule has 0 spiro atoms. The molecule has 26 heavy (non-hydrogen) atoms. The maximum absolute atomic E-state index is 13.6. The van der Waals surface area contributed by atoms with E-state index in [-0.39, 0.29) is 11.7 Å². The third-order valence-electron chi connectivity index (χ3n) is 5.14. The average Bonchev–Trinajstić information content (AvgIpc) is 3.06. The lowest BCUT2D eigenvalue weighted by Gasteiger charge is -2.16. The van der Waals surface area contributed by atoms with Crippen LogP contribution in [0.2, 0.25) is 0 Å². The molecule has 3 N–H and O–H groups in total. The lowest BCUT2D eigenvalue weighted by Crippen LogP contribution is -2.36. The zero-order valence-electron chi connectivity index (χ0n) is 15.1. The molecule has 5 heteroatoms. The SMILES string of the molecule is Cc1ccc(CNC(=O)CN2C[C@@H](CN)[C@H](c3ccccc3)C2)cc1F. The van der Waals surface area contributed by atoms with Gasteiger partial charge < -0.3 is 11.1 Å². The van der Waals surface area contributed by atoms with Gasteiger partial charge in [0.1, 0.15) is 5.82 Å². The van der Waals surface area contributed by atoms with Gasteiger partial charge in [0.2, 0.25) is 5.91 Å². The fourth-order valence-corrected chi connectivity index (χ4v) is 3.61. The predicted molar refractivity (Wildman–Crippen MR) is 101 cm³/mol. The molecule has 1 heterocycles. The van der Waals surface area contributed by atoms with E-state index >= 15 is 0 Å². The third kappa shape index (κ3) is 4.48. The van der Waals surface area contributed by atoms with Gasteiger partial charge in [-0.2, -0.15) is 0 Å². The van der Waals surface area contributed by atoms with Crippen LogP contribution in [0.1, 0.15) is 22.6 Å². The number of likely N-dealkylation sites (tertiary alicyclic amines) is 1. The monoisotopic (exact) mass is 355 g/mol. The Kier molecular flexibility index (Phi) is 6.01. The van der Waals surface area contributed by atoms with Gasteiger partial charge in [0.25, 0.3) is 0 Å². The van der Waals surface area contributed by atoms with Gasteiger partial charge in [-0.1, -0.05) is 42.5 Å². The van der Waals surface area contributed by atoms with Crippen LogP contribution in [0, 0.1) is 18.7 Å². The average molecular weight is 355 g/mol. The zero-order chi connectivity index (χ0) is 18.5. The van der Waals surface area contributed by atoms with Crippen molar-refractivity contribution in [1.82, 2.24) is 10.2 Å². The number of nitrogens with one attached hydrogen (secondary N) is 1.